The van der Waals surface area contributed by atoms with Gasteiger partial charge in [-0.15, -0.1) is 0 Å². The van der Waals surface area contributed by atoms with E-state index >= 15 is 0 Å². The van der Waals surface area contributed by atoms with Crippen LogP contribution in [0.3, 0.4) is 0 Å². The molecule has 0 aliphatic carbocycles. The lowest BCUT2D eigenvalue weighted by Gasteiger charge is -2.08. The third-order valence-electron chi connectivity index (χ3n) is 2.40. The molecule has 100 valence electrons. The van der Waals surface area contributed by atoms with Crippen LogP contribution in [-0.4, -0.2) is 18.9 Å². The minimum atomic E-state index is -4.36. The molecule has 0 aliphatic rings. The molecule has 1 aromatic carbocycles. The molecule has 1 rings (SSSR count). The van der Waals surface area contributed by atoms with Crippen LogP contribution in [0.5, 0.6) is 0 Å². The summed E-state index contributed by atoms with van der Waals surface area (Å²) in [7, 11) is 0. The number of nitrogens with one attached hydrogen (secondary N) is 1. The van der Waals surface area contributed by atoms with Crippen LogP contribution in [0.15, 0.2) is 24.3 Å². The van der Waals surface area contributed by atoms with E-state index in [-0.39, 0.29) is 18.7 Å². The Morgan fingerprint density at radius 1 is 1.33 bits per heavy atom. The predicted molar refractivity (Wildman–Crippen MR) is 63.3 cm³/mol. The Morgan fingerprint density at radius 3 is 2.67 bits per heavy atom. The molecule has 18 heavy (non-hydrogen) atoms. The van der Waals surface area contributed by atoms with E-state index in [2.05, 4.69) is 5.32 Å². The van der Waals surface area contributed by atoms with Gasteiger partial charge in [0, 0.05) is 6.42 Å². The summed E-state index contributed by atoms with van der Waals surface area (Å²) in [6.45, 7) is 2.91. The second kappa shape index (κ2) is 6.54. The molecule has 0 amide bonds. The summed E-state index contributed by atoms with van der Waals surface area (Å²) in [6, 6.07) is 4.89. The maximum Gasteiger partial charge on any atom is 0.416 e. The van der Waals surface area contributed by atoms with Crippen LogP contribution >= 0.6 is 0 Å². The highest BCUT2D eigenvalue weighted by atomic mass is 19.4. The van der Waals surface area contributed by atoms with Gasteiger partial charge in [0.05, 0.1) is 12.1 Å². The molecule has 0 unspecified atom stereocenters. The summed E-state index contributed by atoms with van der Waals surface area (Å²) in [4.78, 5) is 11.5. The number of rotatable bonds is 6. The van der Waals surface area contributed by atoms with E-state index in [4.69, 9.17) is 0 Å². The maximum atomic E-state index is 12.5. The van der Waals surface area contributed by atoms with Crippen LogP contribution in [0.25, 0.3) is 0 Å². The van der Waals surface area contributed by atoms with Gasteiger partial charge in [0.15, 0.2) is 5.78 Å². The quantitative estimate of drug-likeness (QED) is 0.796. The van der Waals surface area contributed by atoms with Gasteiger partial charge < -0.3 is 5.32 Å². The zero-order valence-electron chi connectivity index (χ0n) is 10.2. The highest BCUT2D eigenvalue weighted by molar-refractivity contribution is 5.82. The summed E-state index contributed by atoms with van der Waals surface area (Å²) >= 11 is 0. The highest BCUT2D eigenvalue weighted by Gasteiger charge is 2.30. The van der Waals surface area contributed by atoms with Gasteiger partial charge in [-0.05, 0) is 24.6 Å². The molecule has 0 bridgehead atoms. The van der Waals surface area contributed by atoms with E-state index in [1.807, 2.05) is 6.92 Å². The van der Waals surface area contributed by atoms with Gasteiger partial charge >= 0.3 is 6.18 Å². The van der Waals surface area contributed by atoms with Crippen LogP contribution in [-0.2, 0) is 17.4 Å². The fourth-order valence-corrected chi connectivity index (χ4v) is 1.55. The number of Topliss-reactive ketones (excluding diaryl/α,β-unsaturated/α-hetero) is 1. The first kappa shape index (κ1) is 14.7. The molecule has 0 heterocycles. The first-order chi connectivity index (χ1) is 8.43. The largest absolute Gasteiger partial charge is 0.416 e. The second-order valence-corrected chi connectivity index (χ2v) is 4.09. The highest BCUT2D eigenvalue weighted by Crippen LogP contribution is 2.29. The lowest BCUT2D eigenvalue weighted by molar-refractivity contribution is -0.137. The molecular weight excluding hydrogens is 243 g/mol. The molecular formula is C13H16F3NO. The monoisotopic (exact) mass is 259 g/mol. The van der Waals surface area contributed by atoms with Crippen LogP contribution < -0.4 is 5.32 Å². The zero-order valence-corrected chi connectivity index (χ0v) is 10.2. The van der Waals surface area contributed by atoms with E-state index in [1.165, 1.54) is 12.1 Å². The Balaban J connectivity index is 2.60. The third kappa shape index (κ3) is 4.87. The molecule has 0 atom stereocenters. The maximum absolute atomic E-state index is 12.5. The first-order valence-corrected chi connectivity index (χ1v) is 5.82. The van der Waals surface area contributed by atoms with Gasteiger partial charge in [-0.1, -0.05) is 25.1 Å². The topological polar surface area (TPSA) is 29.1 Å². The summed E-state index contributed by atoms with van der Waals surface area (Å²) in [5.41, 5.74) is -0.317. The van der Waals surface area contributed by atoms with Crippen molar-refractivity contribution in [1.29, 1.82) is 0 Å². The van der Waals surface area contributed by atoms with Gasteiger partial charge in [0.25, 0.3) is 0 Å². The Bertz CT molecular complexity index is 401. The van der Waals surface area contributed by atoms with Crippen molar-refractivity contribution in [3.8, 4) is 0 Å². The van der Waals surface area contributed by atoms with Crippen molar-refractivity contribution in [3.05, 3.63) is 35.4 Å². The fourth-order valence-electron chi connectivity index (χ4n) is 1.55. The molecule has 0 saturated carbocycles. The van der Waals surface area contributed by atoms with Gasteiger partial charge in [0.2, 0.25) is 0 Å². The summed E-state index contributed by atoms with van der Waals surface area (Å²) in [5.74, 6) is -0.109. The Labute approximate surface area is 104 Å². The molecule has 0 fully saturated rings. The minimum Gasteiger partial charge on any atom is -0.310 e. The standard InChI is InChI=1S/C13H16F3NO/c1-2-6-17-9-12(18)8-10-4-3-5-11(7-10)13(14,15)16/h3-5,7,17H,2,6,8-9H2,1H3. The van der Waals surface area contributed by atoms with Gasteiger partial charge in [-0.2, -0.15) is 13.2 Å². The molecule has 5 heteroatoms. The van der Waals surface area contributed by atoms with Crippen molar-refractivity contribution < 1.29 is 18.0 Å². The third-order valence-corrected chi connectivity index (χ3v) is 2.40. The van der Waals surface area contributed by atoms with Crippen molar-refractivity contribution >= 4 is 5.78 Å². The minimum absolute atomic E-state index is 0.0284. The van der Waals surface area contributed by atoms with Crippen LogP contribution in [0, 0.1) is 0 Å². The molecule has 2 nitrogen and oxygen atoms in total. The van der Waals surface area contributed by atoms with Gasteiger partial charge in [-0.25, -0.2) is 0 Å². The Hall–Kier alpha value is -1.36. The average Bonchev–Trinajstić information content (AvgIpc) is 2.28. The molecule has 1 N–H and O–H groups in total. The van der Waals surface area contributed by atoms with E-state index in [0.717, 1.165) is 25.1 Å². The number of ketones is 1. The zero-order chi connectivity index (χ0) is 13.6. The summed E-state index contributed by atoms with van der Waals surface area (Å²) < 4.78 is 37.4. The lowest BCUT2D eigenvalue weighted by Crippen LogP contribution is -2.24. The van der Waals surface area contributed by atoms with Crippen molar-refractivity contribution in [2.45, 2.75) is 25.9 Å². The number of hydrogen-bond acceptors (Lipinski definition) is 2. The van der Waals surface area contributed by atoms with E-state index in [1.54, 1.807) is 0 Å². The van der Waals surface area contributed by atoms with Crippen LogP contribution in [0.1, 0.15) is 24.5 Å². The van der Waals surface area contributed by atoms with E-state index in [0.29, 0.717) is 5.56 Å². The second-order valence-electron chi connectivity index (χ2n) is 4.09. The SMILES string of the molecule is CCCNCC(=O)Cc1cccc(C(F)(F)F)c1. The molecule has 0 aromatic heterocycles. The van der Waals surface area contributed by atoms with Crippen molar-refractivity contribution in [1.82, 2.24) is 5.32 Å². The molecule has 0 radical (unpaired) electrons. The molecule has 0 spiro atoms. The van der Waals surface area contributed by atoms with Crippen molar-refractivity contribution in [3.63, 3.8) is 0 Å². The first-order valence-electron chi connectivity index (χ1n) is 5.82. The average molecular weight is 259 g/mol. The lowest BCUT2D eigenvalue weighted by atomic mass is 10.1. The molecule has 0 saturated heterocycles. The number of benzene rings is 1. The number of carbonyl (C=O) groups excluding carboxylic acids is 1. The van der Waals surface area contributed by atoms with Gasteiger partial charge in [0.1, 0.15) is 0 Å². The van der Waals surface area contributed by atoms with E-state index in [9.17, 15) is 18.0 Å². The predicted octanol–water partition coefficient (Wildman–Crippen LogP) is 2.82. The number of hydrogen-bond donors (Lipinski definition) is 1. The van der Waals surface area contributed by atoms with Crippen molar-refractivity contribution in [2.75, 3.05) is 13.1 Å². The molecule has 1 aromatic rings. The van der Waals surface area contributed by atoms with Gasteiger partial charge in [-0.3, -0.25) is 4.79 Å². The Morgan fingerprint density at radius 2 is 2.06 bits per heavy atom. The normalized spacial score (nSPS) is 11.6. The van der Waals surface area contributed by atoms with Crippen molar-refractivity contribution in [2.24, 2.45) is 0 Å². The number of carbonyl (C=O) groups is 1. The smallest absolute Gasteiger partial charge is 0.310 e. The summed E-state index contributed by atoms with van der Waals surface area (Å²) in [6.07, 6.45) is -3.42. The number of alkyl halides is 3. The number of halogens is 3. The summed E-state index contributed by atoms with van der Waals surface area (Å²) in [5, 5.41) is 2.93. The molecule has 0 aliphatic heterocycles. The van der Waals surface area contributed by atoms with Crippen LogP contribution in [0.4, 0.5) is 13.2 Å². The fraction of sp³-hybridized carbons (Fsp3) is 0.462. The van der Waals surface area contributed by atoms with Crippen LogP contribution in [0.2, 0.25) is 0 Å². The Kier molecular flexibility index (Phi) is 5.34. The van der Waals surface area contributed by atoms with E-state index < -0.39 is 11.7 Å².